The number of amidine groups is 1. The SMILES string of the molecule is N/C=C\C=C/Cc1ccc(Cc2ccccc2N=C(N)c2cccc3c2-c2ccccc2C32c3ccccc3-c3ccccc32)nc1. The molecule has 0 amide bonds. The summed E-state index contributed by atoms with van der Waals surface area (Å²) in [6.07, 6.45) is 10.8. The molecule has 47 heavy (non-hydrogen) atoms. The monoisotopic (exact) mass is 606 g/mol. The van der Waals surface area contributed by atoms with Crippen molar-refractivity contribution in [1.82, 2.24) is 4.98 Å². The first-order chi connectivity index (χ1) is 23.2. The van der Waals surface area contributed by atoms with Crippen LogP contribution >= 0.6 is 0 Å². The van der Waals surface area contributed by atoms with Gasteiger partial charge in [-0.3, -0.25) is 4.98 Å². The Morgan fingerprint density at radius 1 is 0.660 bits per heavy atom. The first-order valence-electron chi connectivity index (χ1n) is 16.0. The molecule has 4 heteroatoms. The van der Waals surface area contributed by atoms with Crippen molar-refractivity contribution in [3.8, 4) is 22.3 Å². The molecule has 0 fully saturated rings. The number of hydrogen-bond acceptors (Lipinski definition) is 3. The smallest absolute Gasteiger partial charge is 0.131 e. The lowest BCUT2D eigenvalue weighted by Gasteiger charge is -2.30. The van der Waals surface area contributed by atoms with Crippen molar-refractivity contribution in [2.45, 2.75) is 18.3 Å². The average Bonchev–Trinajstić information content (AvgIpc) is 3.59. The second kappa shape index (κ2) is 11.7. The molecule has 5 aromatic carbocycles. The summed E-state index contributed by atoms with van der Waals surface area (Å²) in [7, 11) is 0. The molecule has 2 aliphatic rings. The maximum absolute atomic E-state index is 7.00. The number of benzene rings is 5. The van der Waals surface area contributed by atoms with E-state index in [9.17, 15) is 0 Å². The van der Waals surface area contributed by atoms with Gasteiger partial charge < -0.3 is 11.5 Å². The molecule has 1 heterocycles. The van der Waals surface area contributed by atoms with E-state index in [1.165, 1.54) is 45.1 Å². The van der Waals surface area contributed by atoms with Crippen molar-refractivity contribution in [2.24, 2.45) is 16.5 Å². The number of aromatic nitrogens is 1. The Kier molecular flexibility index (Phi) is 7.11. The van der Waals surface area contributed by atoms with E-state index in [4.69, 9.17) is 21.4 Å². The maximum Gasteiger partial charge on any atom is 0.131 e. The number of allylic oxidation sites excluding steroid dienone is 3. The Labute approximate surface area is 275 Å². The fraction of sp³-hybridized carbons (Fsp3) is 0.0698. The van der Waals surface area contributed by atoms with Crippen LogP contribution in [0.1, 0.15) is 44.6 Å². The van der Waals surface area contributed by atoms with E-state index in [2.05, 4.69) is 115 Å². The first kappa shape index (κ1) is 28.5. The summed E-state index contributed by atoms with van der Waals surface area (Å²) < 4.78 is 0. The zero-order valence-corrected chi connectivity index (χ0v) is 26.0. The van der Waals surface area contributed by atoms with Crippen molar-refractivity contribution in [2.75, 3.05) is 0 Å². The van der Waals surface area contributed by atoms with Gasteiger partial charge in [0.05, 0.1) is 11.1 Å². The van der Waals surface area contributed by atoms with Crippen LogP contribution in [0.2, 0.25) is 0 Å². The number of nitrogens with two attached hydrogens (primary N) is 2. The molecule has 8 rings (SSSR count). The van der Waals surface area contributed by atoms with E-state index < -0.39 is 5.41 Å². The van der Waals surface area contributed by atoms with Gasteiger partial charge in [-0.1, -0.05) is 127 Å². The molecular formula is C43H34N4. The van der Waals surface area contributed by atoms with E-state index in [-0.39, 0.29) is 0 Å². The summed E-state index contributed by atoms with van der Waals surface area (Å²) in [5.74, 6) is 0.502. The van der Waals surface area contributed by atoms with Gasteiger partial charge in [-0.05, 0) is 86.5 Å². The van der Waals surface area contributed by atoms with Crippen molar-refractivity contribution in [3.05, 3.63) is 203 Å². The van der Waals surface area contributed by atoms with Crippen LogP contribution in [-0.2, 0) is 18.3 Å². The molecule has 0 saturated carbocycles. The topological polar surface area (TPSA) is 77.3 Å². The number of nitrogens with zero attached hydrogens (tertiary/aromatic N) is 2. The third-order valence-corrected chi connectivity index (χ3v) is 9.50. The minimum Gasteiger partial charge on any atom is -0.405 e. The second-order valence-corrected chi connectivity index (χ2v) is 12.1. The molecule has 0 radical (unpaired) electrons. The minimum atomic E-state index is -0.415. The highest BCUT2D eigenvalue weighted by molar-refractivity contribution is 6.08. The molecule has 226 valence electrons. The molecule has 0 bridgehead atoms. The van der Waals surface area contributed by atoms with Gasteiger partial charge in [0.15, 0.2) is 0 Å². The lowest BCUT2D eigenvalue weighted by atomic mass is 9.70. The van der Waals surface area contributed by atoms with Gasteiger partial charge in [-0.25, -0.2) is 4.99 Å². The molecule has 0 atom stereocenters. The number of rotatable bonds is 7. The fourth-order valence-electron chi connectivity index (χ4n) is 7.54. The summed E-state index contributed by atoms with van der Waals surface area (Å²) in [4.78, 5) is 9.84. The van der Waals surface area contributed by atoms with Crippen molar-refractivity contribution >= 4 is 11.5 Å². The van der Waals surface area contributed by atoms with Crippen LogP contribution in [0, 0.1) is 0 Å². The Morgan fingerprint density at radius 2 is 1.30 bits per heavy atom. The maximum atomic E-state index is 7.00. The highest BCUT2D eigenvalue weighted by atomic mass is 14.9. The van der Waals surface area contributed by atoms with Crippen LogP contribution in [0.15, 0.2) is 163 Å². The summed E-state index contributed by atoms with van der Waals surface area (Å²) in [5, 5.41) is 0. The standard InChI is InChI=1S/C43H34N4/c44-26-11-1-2-13-29-24-25-31(46-28-29)27-30-14-3-10-23-40(30)47-42(45)35-18-12-22-39-41(35)34-17-6-9-21-38(34)43(39)36-19-7-4-15-32(36)33-16-5-8-20-37(33)43/h1-12,14-26,28H,13,27,44H2,(H2,45,47)/b2-1-,26-11-. The van der Waals surface area contributed by atoms with Crippen LogP contribution in [-0.4, -0.2) is 10.8 Å². The number of pyridine rings is 1. The van der Waals surface area contributed by atoms with E-state index in [0.29, 0.717) is 12.3 Å². The number of aliphatic imine (C=N–C) groups is 1. The number of fused-ring (bicyclic) bond motifs is 10. The summed E-state index contributed by atoms with van der Waals surface area (Å²) in [5.41, 5.74) is 27.1. The molecule has 0 unspecified atom stereocenters. The lowest BCUT2D eigenvalue weighted by molar-refractivity contribution is 0.793. The molecule has 4 N–H and O–H groups in total. The van der Waals surface area contributed by atoms with E-state index >= 15 is 0 Å². The Balaban J connectivity index is 1.21. The summed E-state index contributed by atoms with van der Waals surface area (Å²) in [6.45, 7) is 0. The van der Waals surface area contributed by atoms with Crippen molar-refractivity contribution < 1.29 is 0 Å². The Morgan fingerprint density at radius 3 is 2.00 bits per heavy atom. The van der Waals surface area contributed by atoms with Crippen LogP contribution in [0.5, 0.6) is 0 Å². The van der Waals surface area contributed by atoms with Crippen LogP contribution in [0.4, 0.5) is 5.69 Å². The highest BCUT2D eigenvalue weighted by Gasteiger charge is 2.52. The second-order valence-electron chi connectivity index (χ2n) is 12.1. The third-order valence-electron chi connectivity index (χ3n) is 9.50. The van der Waals surface area contributed by atoms with E-state index in [0.717, 1.165) is 40.1 Å². The van der Waals surface area contributed by atoms with Crippen molar-refractivity contribution in [1.29, 1.82) is 0 Å². The largest absolute Gasteiger partial charge is 0.405 e. The minimum absolute atomic E-state index is 0.415. The molecule has 2 aliphatic carbocycles. The van der Waals surface area contributed by atoms with Crippen LogP contribution in [0.3, 0.4) is 0 Å². The quantitative estimate of drug-likeness (QED) is 0.108. The Hall–Kier alpha value is -6.00. The average molecular weight is 607 g/mol. The molecule has 4 nitrogen and oxygen atoms in total. The van der Waals surface area contributed by atoms with Crippen LogP contribution < -0.4 is 11.5 Å². The molecule has 1 aromatic heterocycles. The molecule has 1 spiro atoms. The highest BCUT2D eigenvalue weighted by Crippen LogP contribution is 2.63. The molecule has 0 aliphatic heterocycles. The van der Waals surface area contributed by atoms with Gasteiger partial charge in [-0.2, -0.15) is 0 Å². The van der Waals surface area contributed by atoms with Gasteiger partial charge in [0.1, 0.15) is 5.84 Å². The normalized spacial score (nSPS) is 14.0. The predicted octanol–water partition coefficient (Wildman–Crippen LogP) is 8.62. The predicted molar refractivity (Wildman–Crippen MR) is 193 cm³/mol. The van der Waals surface area contributed by atoms with E-state index in [1.54, 1.807) is 0 Å². The molecular weight excluding hydrogens is 573 g/mol. The van der Waals surface area contributed by atoms with Gasteiger partial charge in [0.2, 0.25) is 0 Å². The van der Waals surface area contributed by atoms with Crippen molar-refractivity contribution in [3.63, 3.8) is 0 Å². The zero-order chi connectivity index (χ0) is 31.8. The molecule has 0 saturated heterocycles. The zero-order valence-electron chi connectivity index (χ0n) is 26.0. The summed E-state index contributed by atoms with van der Waals surface area (Å²) >= 11 is 0. The number of para-hydroxylation sites is 1. The van der Waals surface area contributed by atoms with Gasteiger partial charge in [0.25, 0.3) is 0 Å². The number of hydrogen-bond donors (Lipinski definition) is 2. The fourth-order valence-corrected chi connectivity index (χ4v) is 7.54. The third kappa shape index (κ3) is 4.60. The van der Waals surface area contributed by atoms with E-state index in [1.807, 2.05) is 36.5 Å². The Bertz CT molecular complexity index is 2180. The lowest BCUT2D eigenvalue weighted by Crippen LogP contribution is -2.26. The first-order valence-corrected chi connectivity index (χ1v) is 16.0. The van der Waals surface area contributed by atoms with Gasteiger partial charge >= 0.3 is 0 Å². The molecule has 6 aromatic rings. The van der Waals surface area contributed by atoms with Crippen LogP contribution in [0.25, 0.3) is 22.3 Å². The summed E-state index contributed by atoms with van der Waals surface area (Å²) in [6, 6.07) is 45.4. The van der Waals surface area contributed by atoms with Gasteiger partial charge in [0, 0.05) is 23.9 Å². The van der Waals surface area contributed by atoms with Gasteiger partial charge in [-0.15, -0.1) is 0 Å².